The molecule has 1 aliphatic carbocycles. The van der Waals surface area contributed by atoms with E-state index in [1.54, 1.807) is 0 Å². The highest BCUT2D eigenvalue weighted by Crippen LogP contribution is 2.43. The third kappa shape index (κ3) is 2.68. The standard InChI is InChI=1S/C12H17ClN2O2S/c1-2-12(5-3-6-12)9-15-18(16,17)11-8-14-7-4-10(11)13/h4,7-8,15H,2-3,5-6,9H2,1H3. The summed E-state index contributed by atoms with van der Waals surface area (Å²) in [5.41, 5.74) is 0.141. The van der Waals surface area contributed by atoms with E-state index < -0.39 is 10.0 Å². The van der Waals surface area contributed by atoms with E-state index in [0.29, 0.717) is 6.54 Å². The summed E-state index contributed by atoms with van der Waals surface area (Å²) in [4.78, 5) is 3.86. The van der Waals surface area contributed by atoms with Gasteiger partial charge < -0.3 is 0 Å². The second-order valence-corrected chi connectivity index (χ2v) is 6.98. The van der Waals surface area contributed by atoms with Crippen LogP contribution in [-0.2, 0) is 10.0 Å². The minimum atomic E-state index is -3.55. The molecular formula is C12H17ClN2O2S. The van der Waals surface area contributed by atoms with Crippen LogP contribution >= 0.6 is 11.6 Å². The molecule has 18 heavy (non-hydrogen) atoms. The van der Waals surface area contributed by atoms with Crippen molar-refractivity contribution in [2.45, 2.75) is 37.5 Å². The second kappa shape index (κ2) is 5.15. The molecule has 0 radical (unpaired) electrons. The van der Waals surface area contributed by atoms with Gasteiger partial charge in [-0.2, -0.15) is 0 Å². The van der Waals surface area contributed by atoms with Crippen LogP contribution in [0.5, 0.6) is 0 Å². The fraction of sp³-hybridized carbons (Fsp3) is 0.583. The van der Waals surface area contributed by atoms with Gasteiger partial charge in [0, 0.05) is 18.9 Å². The Balaban J connectivity index is 2.11. The third-order valence-corrected chi connectivity index (χ3v) is 5.70. The third-order valence-electron chi connectivity index (χ3n) is 3.83. The van der Waals surface area contributed by atoms with Crippen molar-refractivity contribution in [3.63, 3.8) is 0 Å². The van der Waals surface area contributed by atoms with E-state index >= 15 is 0 Å². The Morgan fingerprint density at radius 2 is 2.22 bits per heavy atom. The minimum Gasteiger partial charge on any atom is -0.263 e. The summed E-state index contributed by atoms with van der Waals surface area (Å²) >= 11 is 5.88. The Labute approximate surface area is 113 Å². The van der Waals surface area contributed by atoms with Gasteiger partial charge in [-0.25, -0.2) is 13.1 Å². The molecule has 100 valence electrons. The Bertz CT molecular complexity index is 521. The lowest BCUT2D eigenvalue weighted by Gasteiger charge is -2.41. The zero-order valence-electron chi connectivity index (χ0n) is 10.3. The van der Waals surface area contributed by atoms with Crippen LogP contribution in [0.2, 0.25) is 5.02 Å². The maximum atomic E-state index is 12.1. The van der Waals surface area contributed by atoms with Gasteiger partial charge in [-0.15, -0.1) is 0 Å². The van der Waals surface area contributed by atoms with Crippen LogP contribution in [0, 0.1) is 5.41 Å². The predicted molar refractivity (Wildman–Crippen MR) is 71.0 cm³/mol. The highest BCUT2D eigenvalue weighted by Gasteiger charge is 2.36. The average Bonchev–Trinajstić information content (AvgIpc) is 2.28. The van der Waals surface area contributed by atoms with Gasteiger partial charge in [-0.3, -0.25) is 4.98 Å². The number of aromatic nitrogens is 1. The number of halogens is 1. The van der Waals surface area contributed by atoms with Gasteiger partial charge in [0.2, 0.25) is 10.0 Å². The molecule has 0 aromatic carbocycles. The Morgan fingerprint density at radius 3 is 2.72 bits per heavy atom. The van der Waals surface area contributed by atoms with Crippen molar-refractivity contribution >= 4 is 21.6 Å². The van der Waals surface area contributed by atoms with Gasteiger partial charge >= 0.3 is 0 Å². The lowest BCUT2D eigenvalue weighted by molar-refractivity contribution is 0.133. The summed E-state index contributed by atoms with van der Waals surface area (Å²) in [6.07, 6.45) is 7.12. The molecule has 0 saturated heterocycles. The number of hydrogen-bond acceptors (Lipinski definition) is 3. The summed E-state index contributed by atoms with van der Waals surface area (Å²) in [6.45, 7) is 2.58. The van der Waals surface area contributed by atoms with Crippen molar-refractivity contribution in [1.82, 2.24) is 9.71 Å². The smallest absolute Gasteiger partial charge is 0.243 e. The lowest BCUT2D eigenvalue weighted by Crippen LogP contribution is -2.41. The summed E-state index contributed by atoms with van der Waals surface area (Å²) in [5.74, 6) is 0. The molecule has 0 aliphatic heterocycles. The predicted octanol–water partition coefficient (Wildman–Crippen LogP) is 2.59. The van der Waals surface area contributed by atoms with E-state index in [1.165, 1.54) is 24.9 Å². The molecule has 1 N–H and O–H groups in total. The van der Waals surface area contributed by atoms with Crippen LogP contribution in [0.3, 0.4) is 0 Å². The van der Waals surface area contributed by atoms with E-state index in [0.717, 1.165) is 19.3 Å². The Hall–Kier alpha value is -0.650. The lowest BCUT2D eigenvalue weighted by atomic mass is 9.67. The number of nitrogens with zero attached hydrogens (tertiary/aromatic N) is 1. The van der Waals surface area contributed by atoms with Crippen LogP contribution < -0.4 is 4.72 Å². The van der Waals surface area contributed by atoms with E-state index in [9.17, 15) is 8.42 Å². The highest BCUT2D eigenvalue weighted by atomic mass is 35.5. The molecule has 4 nitrogen and oxygen atoms in total. The molecule has 1 aromatic heterocycles. The normalized spacial score (nSPS) is 18.3. The van der Waals surface area contributed by atoms with Gasteiger partial charge in [0.1, 0.15) is 4.90 Å². The molecule has 1 fully saturated rings. The van der Waals surface area contributed by atoms with Crippen LogP contribution in [0.4, 0.5) is 0 Å². The van der Waals surface area contributed by atoms with Gasteiger partial charge in [0.25, 0.3) is 0 Å². The molecule has 2 rings (SSSR count). The van der Waals surface area contributed by atoms with Crippen molar-refractivity contribution in [3.05, 3.63) is 23.5 Å². The summed E-state index contributed by atoms with van der Waals surface area (Å²) in [5, 5.41) is 0.205. The van der Waals surface area contributed by atoms with Gasteiger partial charge in [0.05, 0.1) is 5.02 Å². The number of rotatable bonds is 5. The molecule has 1 heterocycles. The second-order valence-electron chi connectivity index (χ2n) is 4.84. The zero-order valence-corrected chi connectivity index (χ0v) is 11.9. The molecule has 1 saturated carbocycles. The first-order valence-electron chi connectivity index (χ1n) is 6.08. The van der Waals surface area contributed by atoms with Crippen molar-refractivity contribution in [1.29, 1.82) is 0 Å². The Morgan fingerprint density at radius 1 is 1.50 bits per heavy atom. The summed E-state index contributed by atoms with van der Waals surface area (Å²) in [7, 11) is -3.55. The monoisotopic (exact) mass is 288 g/mol. The quantitative estimate of drug-likeness (QED) is 0.906. The van der Waals surface area contributed by atoms with E-state index in [2.05, 4.69) is 16.6 Å². The zero-order chi connectivity index (χ0) is 13.2. The van der Waals surface area contributed by atoms with Crippen molar-refractivity contribution < 1.29 is 8.42 Å². The first kappa shape index (κ1) is 13.8. The molecule has 0 amide bonds. The van der Waals surface area contributed by atoms with Crippen LogP contribution in [0.15, 0.2) is 23.4 Å². The number of hydrogen-bond donors (Lipinski definition) is 1. The van der Waals surface area contributed by atoms with Crippen molar-refractivity contribution in [2.75, 3.05) is 6.54 Å². The first-order chi connectivity index (χ1) is 8.49. The summed E-state index contributed by atoms with van der Waals surface area (Å²) < 4.78 is 26.9. The molecule has 6 heteroatoms. The molecule has 0 spiro atoms. The fourth-order valence-electron chi connectivity index (χ4n) is 2.22. The maximum Gasteiger partial charge on any atom is 0.243 e. The molecule has 1 aliphatic rings. The average molecular weight is 289 g/mol. The molecular weight excluding hydrogens is 272 g/mol. The molecule has 0 unspecified atom stereocenters. The number of sulfonamides is 1. The topological polar surface area (TPSA) is 59.1 Å². The van der Waals surface area contributed by atoms with Crippen molar-refractivity contribution in [3.8, 4) is 0 Å². The van der Waals surface area contributed by atoms with E-state index in [-0.39, 0.29) is 15.3 Å². The SMILES string of the molecule is CCC1(CNS(=O)(=O)c2cnccc2Cl)CCC1. The molecule has 0 atom stereocenters. The van der Waals surface area contributed by atoms with Crippen molar-refractivity contribution in [2.24, 2.45) is 5.41 Å². The highest BCUT2D eigenvalue weighted by molar-refractivity contribution is 7.89. The van der Waals surface area contributed by atoms with Gasteiger partial charge in [0.15, 0.2) is 0 Å². The Kier molecular flexibility index (Phi) is 3.94. The number of nitrogens with one attached hydrogen (secondary N) is 1. The first-order valence-corrected chi connectivity index (χ1v) is 7.94. The van der Waals surface area contributed by atoms with E-state index in [4.69, 9.17) is 11.6 Å². The van der Waals surface area contributed by atoms with Gasteiger partial charge in [-0.1, -0.05) is 24.9 Å². The molecule has 1 aromatic rings. The summed E-state index contributed by atoms with van der Waals surface area (Å²) in [6, 6.07) is 1.48. The van der Waals surface area contributed by atoms with Crippen LogP contribution in [-0.4, -0.2) is 19.9 Å². The number of pyridine rings is 1. The van der Waals surface area contributed by atoms with Crippen LogP contribution in [0.1, 0.15) is 32.6 Å². The fourth-order valence-corrected chi connectivity index (χ4v) is 3.80. The largest absolute Gasteiger partial charge is 0.263 e. The van der Waals surface area contributed by atoms with E-state index in [1.807, 2.05) is 0 Å². The minimum absolute atomic E-state index is 0.0530. The van der Waals surface area contributed by atoms with Gasteiger partial charge in [-0.05, 0) is 30.7 Å². The van der Waals surface area contributed by atoms with Crippen LogP contribution in [0.25, 0.3) is 0 Å². The maximum absolute atomic E-state index is 12.1. The molecule has 0 bridgehead atoms.